The third kappa shape index (κ3) is 3.93. The number of aromatic nitrogens is 2. The second-order valence-electron chi connectivity index (χ2n) is 6.38. The van der Waals surface area contributed by atoms with Crippen LogP contribution in [0.2, 0.25) is 0 Å². The summed E-state index contributed by atoms with van der Waals surface area (Å²) in [6, 6.07) is 10.3. The minimum Gasteiger partial charge on any atom is -0.323 e. The van der Waals surface area contributed by atoms with Gasteiger partial charge in [0.25, 0.3) is 0 Å². The zero-order valence-corrected chi connectivity index (χ0v) is 15.2. The van der Waals surface area contributed by atoms with Crippen molar-refractivity contribution in [1.82, 2.24) is 14.7 Å². The van der Waals surface area contributed by atoms with Crippen molar-refractivity contribution in [1.29, 1.82) is 0 Å². The largest absolute Gasteiger partial charge is 0.323 e. The number of thioether (sulfide) groups is 1. The molecule has 3 rings (SSSR count). The van der Waals surface area contributed by atoms with Crippen molar-refractivity contribution in [2.75, 3.05) is 18.6 Å². The van der Waals surface area contributed by atoms with E-state index >= 15 is 0 Å². The van der Waals surface area contributed by atoms with Gasteiger partial charge in [-0.05, 0) is 49.6 Å². The quantitative estimate of drug-likeness (QED) is 0.798. The number of benzene rings is 1. The molecular formula is C18H24N4OS. The Hall–Kier alpha value is -1.95. The molecule has 6 heteroatoms. The number of hydrogen-bond donors (Lipinski definition) is 1. The fourth-order valence-corrected chi connectivity index (χ4v) is 3.32. The van der Waals surface area contributed by atoms with E-state index in [1.54, 1.807) is 22.9 Å². The molecule has 128 valence electrons. The molecule has 2 aromatic rings. The normalized spacial score (nSPS) is 15.1. The lowest BCUT2D eigenvalue weighted by atomic mass is 10.2. The maximum absolute atomic E-state index is 12.5. The molecule has 2 amide bonds. The van der Waals surface area contributed by atoms with Crippen molar-refractivity contribution < 1.29 is 4.79 Å². The first-order valence-corrected chi connectivity index (χ1v) is 9.49. The van der Waals surface area contributed by atoms with Crippen molar-refractivity contribution >= 4 is 23.6 Å². The Morgan fingerprint density at radius 3 is 2.96 bits per heavy atom. The second-order valence-corrected chi connectivity index (χ2v) is 7.26. The predicted octanol–water partition coefficient (Wildman–Crippen LogP) is 4.24. The van der Waals surface area contributed by atoms with Gasteiger partial charge in [0.15, 0.2) is 0 Å². The van der Waals surface area contributed by atoms with Gasteiger partial charge in [0, 0.05) is 24.6 Å². The van der Waals surface area contributed by atoms with Crippen LogP contribution in [0.15, 0.2) is 41.4 Å². The third-order valence-corrected chi connectivity index (χ3v) is 5.22. The molecular weight excluding hydrogens is 320 g/mol. The first kappa shape index (κ1) is 16.9. The van der Waals surface area contributed by atoms with Crippen molar-refractivity contribution in [3.8, 4) is 0 Å². The summed E-state index contributed by atoms with van der Waals surface area (Å²) >= 11 is 1.71. The first-order chi connectivity index (χ1) is 11.6. The van der Waals surface area contributed by atoms with Crippen molar-refractivity contribution in [3.63, 3.8) is 0 Å². The minimum absolute atomic E-state index is 0.116. The lowest BCUT2D eigenvalue weighted by Gasteiger charge is -2.20. The van der Waals surface area contributed by atoms with Gasteiger partial charge in [-0.2, -0.15) is 5.10 Å². The molecule has 1 aromatic carbocycles. The van der Waals surface area contributed by atoms with Crippen molar-refractivity contribution in [3.05, 3.63) is 42.1 Å². The highest BCUT2D eigenvalue weighted by molar-refractivity contribution is 7.98. The summed E-state index contributed by atoms with van der Waals surface area (Å²) in [4.78, 5) is 15.4. The zero-order valence-electron chi connectivity index (χ0n) is 14.4. The topological polar surface area (TPSA) is 50.2 Å². The molecule has 1 atom stereocenters. The van der Waals surface area contributed by atoms with Crippen LogP contribution in [0.5, 0.6) is 0 Å². The van der Waals surface area contributed by atoms with E-state index < -0.39 is 0 Å². The average Bonchev–Trinajstić information content (AvgIpc) is 3.34. The molecule has 0 unspecified atom stereocenters. The Balaban J connectivity index is 1.63. The van der Waals surface area contributed by atoms with Gasteiger partial charge in [-0.3, -0.25) is 5.32 Å². The third-order valence-electron chi connectivity index (χ3n) is 4.50. The molecule has 1 saturated carbocycles. The number of anilines is 1. The minimum atomic E-state index is -0.116. The number of rotatable bonds is 6. The van der Waals surface area contributed by atoms with E-state index in [2.05, 4.69) is 35.7 Å². The number of carbonyl (C=O) groups excluding carboxylic acids is 1. The molecule has 1 aliphatic rings. The lowest BCUT2D eigenvalue weighted by molar-refractivity contribution is 0.220. The molecule has 0 bridgehead atoms. The Morgan fingerprint density at radius 2 is 2.25 bits per heavy atom. The summed E-state index contributed by atoms with van der Waals surface area (Å²) in [5.74, 6) is 1.46. The smallest absolute Gasteiger partial charge is 0.323 e. The highest BCUT2D eigenvalue weighted by atomic mass is 32.2. The fourth-order valence-electron chi connectivity index (χ4n) is 2.84. The molecule has 1 aliphatic carbocycles. The molecule has 0 saturated heterocycles. The highest BCUT2D eigenvalue weighted by Crippen LogP contribution is 2.40. The van der Waals surface area contributed by atoms with E-state index in [0.29, 0.717) is 18.5 Å². The number of hydrogen-bond acceptors (Lipinski definition) is 3. The molecule has 1 aromatic heterocycles. The molecule has 24 heavy (non-hydrogen) atoms. The lowest BCUT2D eigenvalue weighted by Crippen LogP contribution is -2.32. The van der Waals surface area contributed by atoms with Crippen LogP contribution in [0.25, 0.3) is 0 Å². The summed E-state index contributed by atoms with van der Waals surface area (Å²) in [7, 11) is 1.81. The van der Waals surface area contributed by atoms with Gasteiger partial charge in [0.1, 0.15) is 5.82 Å². The summed E-state index contributed by atoms with van der Waals surface area (Å²) in [5.41, 5.74) is 1.12. The summed E-state index contributed by atoms with van der Waals surface area (Å²) in [5, 5.41) is 7.36. The number of carbonyl (C=O) groups is 1. The number of urea groups is 1. The molecule has 0 aliphatic heterocycles. The maximum atomic E-state index is 12.5. The van der Waals surface area contributed by atoms with E-state index in [1.807, 2.05) is 29.9 Å². The molecule has 5 nitrogen and oxygen atoms in total. The zero-order chi connectivity index (χ0) is 17.1. The Bertz CT molecular complexity index is 711. The van der Waals surface area contributed by atoms with Gasteiger partial charge in [-0.15, -0.1) is 11.8 Å². The second kappa shape index (κ2) is 7.30. The van der Waals surface area contributed by atoms with Crippen molar-refractivity contribution in [2.45, 2.75) is 37.2 Å². The standard InChI is InChI=1S/C18H24N4OS/c1-13(15-7-8-15)22-17(9-10-19-22)20-18(23)21(2)12-14-5-4-6-16(11-14)24-3/h4-6,9-11,13,15H,7-8,12H2,1-3H3,(H,20,23)/t13-/m1/s1. The number of nitrogens with one attached hydrogen (secondary N) is 1. The van der Waals surface area contributed by atoms with Crippen LogP contribution in [0.4, 0.5) is 10.6 Å². The van der Waals surface area contributed by atoms with Gasteiger partial charge in [-0.1, -0.05) is 12.1 Å². The van der Waals surface area contributed by atoms with Gasteiger partial charge in [-0.25, -0.2) is 9.48 Å². The monoisotopic (exact) mass is 344 g/mol. The SMILES string of the molecule is CSc1cccc(CN(C)C(=O)Nc2ccnn2[C@H](C)C2CC2)c1. The van der Waals surface area contributed by atoms with Crippen LogP contribution in [0.1, 0.15) is 31.4 Å². The van der Waals surface area contributed by atoms with Crippen LogP contribution < -0.4 is 5.32 Å². The Labute approximate surface area is 147 Å². The summed E-state index contributed by atoms with van der Waals surface area (Å²) in [6.07, 6.45) is 6.30. The molecule has 1 heterocycles. The van der Waals surface area contributed by atoms with Crippen LogP contribution in [-0.4, -0.2) is 34.0 Å². The van der Waals surface area contributed by atoms with E-state index in [-0.39, 0.29) is 6.03 Å². The molecule has 1 fully saturated rings. The van der Waals surface area contributed by atoms with Crippen LogP contribution >= 0.6 is 11.8 Å². The summed E-state index contributed by atoms with van der Waals surface area (Å²) < 4.78 is 1.93. The number of amides is 2. The van der Waals surface area contributed by atoms with E-state index in [9.17, 15) is 4.79 Å². The van der Waals surface area contributed by atoms with Crippen LogP contribution in [0.3, 0.4) is 0 Å². The maximum Gasteiger partial charge on any atom is 0.323 e. The first-order valence-electron chi connectivity index (χ1n) is 8.27. The highest BCUT2D eigenvalue weighted by Gasteiger charge is 2.30. The van der Waals surface area contributed by atoms with E-state index in [0.717, 1.165) is 11.4 Å². The molecule has 0 radical (unpaired) electrons. The van der Waals surface area contributed by atoms with Crippen molar-refractivity contribution in [2.24, 2.45) is 5.92 Å². The average molecular weight is 344 g/mol. The van der Waals surface area contributed by atoms with Gasteiger partial charge in [0.05, 0.1) is 12.2 Å². The van der Waals surface area contributed by atoms with Gasteiger partial charge >= 0.3 is 6.03 Å². The van der Waals surface area contributed by atoms with E-state index in [4.69, 9.17) is 0 Å². The Kier molecular flexibility index (Phi) is 5.14. The predicted molar refractivity (Wildman–Crippen MR) is 98.4 cm³/mol. The van der Waals surface area contributed by atoms with Gasteiger partial charge < -0.3 is 4.90 Å². The fraction of sp³-hybridized carbons (Fsp3) is 0.444. The van der Waals surface area contributed by atoms with Crippen LogP contribution in [0, 0.1) is 5.92 Å². The Morgan fingerprint density at radius 1 is 1.46 bits per heavy atom. The summed E-state index contributed by atoms with van der Waals surface area (Å²) in [6.45, 7) is 2.74. The molecule has 0 spiro atoms. The van der Waals surface area contributed by atoms with E-state index in [1.165, 1.54) is 17.7 Å². The molecule has 1 N–H and O–H groups in total. The van der Waals surface area contributed by atoms with Gasteiger partial charge in [0.2, 0.25) is 0 Å². The van der Waals surface area contributed by atoms with Crippen LogP contribution in [-0.2, 0) is 6.54 Å². The number of nitrogens with zero attached hydrogens (tertiary/aromatic N) is 3.